The number of amides is 2. The summed E-state index contributed by atoms with van der Waals surface area (Å²) in [6, 6.07) is 10.3. The number of ether oxygens (including phenoxy) is 1. The molecule has 0 aromatic heterocycles. The monoisotopic (exact) mass is 443 g/mol. The number of nitrogens with zero attached hydrogens (tertiary/aromatic N) is 1. The van der Waals surface area contributed by atoms with Crippen LogP contribution in [0.3, 0.4) is 0 Å². The van der Waals surface area contributed by atoms with Crippen LogP contribution in [-0.4, -0.2) is 35.5 Å². The molecule has 2 aromatic rings. The second-order valence-corrected chi connectivity index (χ2v) is 8.73. The van der Waals surface area contributed by atoms with E-state index in [1.165, 1.54) is 0 Å². The number of Topliss-reactive ketones (excluding diaryl/α,β-unsaturated/α-hetero) is 1. The van der Waals surface area contributed by atoms with Crippen LogP contribution in [0.1, 0.15) is 46.8 Å². The fourth-order valence-electron chi connectivity index (χ4n) is 3.15. The van der Waals surface area contributed by atoms with Crippen LogP contribution in [0, 0.1) is 6.92 Å². The molecule has 1 saturated heterocycles. The van der Waals surface area contributed by atoms with Gasteiger partial charge in [0, 0.05) is 10.6 Å². The third-order valence-electron chi connectivity index (χ3n) is 4.87. The number of methoxy groups -OCH3 is 1. The van der Waals surface area contributed by atoms with E-state index in [1.54, 1.807) is 37.5 Å². The Labute approximate surface area is 185 Å². The van der Waals surface area contributed by atoms with E-state index in [0.29, 0.717) is 15.5 Å². The van der Waals surface area contributed by atoms with Crippen molar-refractivity contribution in [3.8, 4) is 5.75 Å². The maximum absolute atomic E-state index is 12.8. The van der Waals surface area contributed by atoms with Crippen LogP contribution in [0.25, 0.3) is 6.08 Å². The van der Waals surface area contributed by atoms with Crippen molar-refractivity contribution in [2.75, 3.05) is 13.7 Å². The standard InChI is InChI=1S/C23H22ClNO4S/c1-13(2)18-10-16(14(3)9-20(18)29-4)11-21-22(27)25(23(28)30-21)12-19(26)15-5-7-17(24)8-6-15/h5-11,13H,12H2,1-4H3/b21-11-. The summed E-state index contributed by atoms with van der Waals surface area (Å²) in [6.45, 7) is 5.75. The molecule has 0 spiro atoms. The molecule has 1 fully saturated rings. The second-order valence-electron chi connectivity index (χ2n) is 7.30. The van der Waals surface area contributed by atoms with E-state index in [4.69, 9.17) is 16.3 Å². The van der Waals surface area contributed by atoms with Gasteiger partial charge in [0.05, 0.1) is 18.6 Å². The van der Waals surface area contributed by atoms with E-state index in [1.807, 2.05) is 19.1 Å². The molecule has 0 atom stereocenters. The van der Waals surface area contributed by atoms with Crippen LogP contribution in [-0.2, 0) is 4.79 Å². The van der Waals surface area contributed by atoms with Crippen LogP contribution >= 0.6 is 23.4 Å². The summed E-state index contributed by atoms with van der Waals surface area (Å²) < 4.78 is 5.46. The van der Waals surface area contributed by atoms with Gasteiger partial charge in [0.25, 0.3) is 11.1 Å². The summed E-state index contributed by atoms with van der Waals surface area (Å²) in [6.07, 6.45) is 1.71. The van der Waals surface area contributed by atoms with Crippen LogP contribution in [0.4, 0.5) is 4.79 Å². The van der Waals surface area contributed by atoms with Gasteiger partial charge in [-0.2, -0.15) is 0 Å². The Hall–Kier alpha value is -2.57. The number of hydrogen-bond acceptors (Lipinski definition) is 5. The Balaban J connectivity index is 1.85. The lowest BCUT2D eigenvalue weighted by molar-refractivity contribution is -0.122. The van der Waals surface area contributed by atoms with Crippen molar-refractivity contribution in [3.63, 3.8) is 0 Å². The van der Waals surface area contributed by atoms with Gasteiger partial charge in [-0.1, -0.05) is 25.4 Å². The molecule has 5 nitrogen and oxygen atoms in total. The smallest absolute Gasteiger partial charge is 0.293 e. The number of halogens is 1. The number of imide groups is 1. The Morgan fingerprint density at radius 1 is 1.20 bits per heavy atom. The molecule has 2 amide bonds. The lowest BCUT2D eigenvalue weighted by Crippen LogP contribution is -2.33. The normalized spacial score (nSPS) is 15.4. The van der Waals surface area contributed by atoms with Crippen molar-refractivity contribution < 1.29 is 19.1 Å². The van der Waals surface area contributed by atoms with Crippen molar-refractivity contribution in [2.45, 2.75) is 26.7 Å². The van der Waals surface area contributed by atoms with Crippen molar-refractivity contribution in [2.24, 2.45) is 0 Å². The van der Waals surface area contributed by atoms with Gasteiger partial charge in [0.2, 0.25) is 0 Å². The van der Waals surface area contributed by atoms with E-state index in [0.717, 1.165) is 39.1 Å². The predicted molar refractivity (Wildman–Crippen MR) is 120 cm³/mol. The Bertz CT molecular complexity index is 1040. The van der Waals surface area contributed by atoms with Crippen LogP contribution < -0.4 is 4.74 Å². The number of hydrogen-bond donors (Lipinski definition) is 0. The molecular weight excluding hydrogens is 422 g/mol. The maximum atomic E-state index is 12.8. The lowest BCUT2D eigenvalue weighted by Gasteiger charge is -2.15. The van der Waals surface area contributed by atoms with Crippen LogP contribution in [0.5, 0.6) is 5.75 Å². The number of benzene rings is 2. The molecule has 0 bridgehead atoms. The van der Waals surface area contributed by atoms with Gasteiger partial charge >= 0.3 is 0 Å². The van der Waals surface area contributed by atoms with Gasteiger partial charge in [0.1, 0.15) is 5.75 Å². The number of rotatable bonds is 6. The summed E-state index contributed by atoms with van der Waals surface area (Å²) in [5, 5.41) is 0.0556. The molecule has 30 heavy (non-hydrogen) atoms. The second kappa shape index (κ2) is 9.06. The Kier molecular flexibility index (Phi) is 6.68. The third kappa shape index (κ3) is 4.60. The number of aryl methyl sites for hydroxylation is 1. The van der Waals surface area contributed by atoms with Gasteiger partial charge < -0.3 is 4.74 Å². The van der Waals surface area contributed by atoms with Gasteiger partial charge in [0.15, 0.2) is 5.78 Å². The molecular formula is C23H22ClNO4S. The molecule has 7 heteroatoms. The molecule has 0 N–H and O–H groups in total. The predicted octanol–water partition coefficient (Wildman–Crippen LogP) is 5.70. The largest absolute Gasteiger partial charge is 0.496 e. The number of ketones is 1. The van der Waals surface area contributed by atoms with Crippen molar-refractivity contribution >= 4 is 46.4 Å². The molecule has 0 radical (unpaired) electrons. The third-order valence-corrected chi connectivity index (χ3v) is 6.03. The first-order chi connectivity index (χ1) is 14.2. The summed E-state index contributed by atoms with van der Waals surface area (Å²) in [4.78, 5) is 39.0. The van der Waals surface area contributed by atoms with E-state index in [2.05, 4.69) is 13.8 Å². The quantitative estimate of drug-likeness (QED) is 0.423. The van der Waals surface area contributed by atoms with Gasteiger partial charge in [-0.25, -0.2) is 0 Å². The van der Waals surface area contributed by atoms with E-state index in [-0.39, 0.29) is 18.2 Å². The minimum absolute atomic E-state index is 0.236. The van der Waals surface area contributed by atoms with E-state index in [9.17, 15) is 14.4 Å². The highest BCUT2D eigenvalue weighted by Gasteiger charge is 2.36. The highest BCUT2D eigenvalue weighted by Crippen LogP contribution is 2.35. The number of carbonyl (C=O) groups is 3. The first-order valence-corrected chi connectivity index (χ1v) is 10.6. The summed E-state index contributed by atoms with van der Waals surface area (Å²) in [7, 11) is 1.63. The molecule has 1 aliphatic heterocycles. The molecule has 1 aliphatic rings. The topological polar surface area (TPSA) is 63.7 Å². The summed E-state index contributed by atoms with van der Waals surface area (Å²) in [5.41, 5.74) is 3.19. The van der Waals surface area contributed by atoms with Crippen LogP contribution in [0.2, 0.25) is 5.02 Å². The van der Waals surface area contributed by atoms with Gasteiger partial charge in [-0.3, -0.25) is 19.3 Å². The molecule has 0 saturated carbocycles. The molecule has 156 valence electrons. The minimum Gasteiger partial charge on any atom is -0.496 e. The summed E-state index contributed by atoms with van der Waals surface area (Å²) in [5.74, 6) is 0.243. The fraction of sp³-hybridized carbons (Fsp3) is 0.261. The highest BCUT2D eigenvalue weighted by molar-refractivity contribution is 8.18. The van der Waals surface area contributed by atoms with E-state index >= 15 is 0 Å². The van der Waals surface area contributed by atoms with Crippen molar-refractivity contribution in [3.05, 3.63) is 68.6 Å². The SMILES string of the molecule is COc1cc(C)c(/C=C2\SC(=O)N(CC(=O)c3ccc(Cl)cc3)C2=O)cc1C(C)C. The zero-order valence-electron chi connectivity index (χ0n) is 17.2. The average molecular weight is 444 g/mol. The minimum atomic E-state index is -0.464. The zero-order chi connectivity index (χ0) is 22.0. The molecule has 0 aliphatic carbocycles. The zero-order valence-corrected chi connectivity index (χ0v) is 18.8. The van der Waals surface area contributed by atoms with Crippen LogP contribution in [0.15, 0.2) is 41.3 Å². The van der Waals surface area contributed by atoms with Crippen molar-refractivity contribution in [1.29, 1.82) is 0 Å². The Morgan fingerprint density at radius 3 is 2.47 bits per heavy atom. The molecule has 1 heterocycles. The van der Waals surface area contributed by atoms with Gasteiger partial charge in [-0.05, 0) is 83.8 Å². The summed E-state index contributed by atoms with van der Waals surface area (Å²) >= 11 is 6.69. The first kappa shape index (κ1) is 22.1. The molecule has 2 aromatic carbocycles. The average Bonchev–Trinajstić information content (AvgIpc) is 2.96. The van der Waals surface area contributed by atoms with E-state index < -0.39 is 11.1 Å². The van der Waals surface area contributed by atoms with Crippen molar-refractivity contribution in [1.82, 2.24) is 4.90 Å². The molecule has 3 rings (SSSR count). The first-order valence-electron chi connectivity index (χ1n) is 9.44. The number of thioether (sulfide) groups is 1. The number of carbonyl (C=O) groups excluding carboxylic acids is 3. The lowest BCUT2D eigenvalue weighted by atomic mass is 9.96. The fourth-order valence-corrected chi connectivity index (χ4v) is 4.10. The Morgan fingerprint density at radius 2 is 1.87 bits per heavy atom. The highest BCUT2D eigenvalue weighted by atomic mass is 35.5. The molecule has 0 unspecified atom stereocenters. The van der Waals surface area contributed by atoms with Gasteiger partial charge in [-0.15, -0.1) is 0 Å². The maximum Gasteiger partial charge on any atom is 0.293 e.